The number of carbonyl (C=O) groups excluding carboxylic acids is 1. The van der Waals surface area contributed by atoms with E-state index in [9.17, 15) is 9.18 Å². The minimum absolute atomic E-state index is 0.113. The molecule has 3 nitrogen and oxygen atoms in total. The van der Waals surface area contributed by atoms with Gasteiger partial charge in [0.2, 0.25) is 5.91 Å². The first-order valence-electron chi connectivity index (χ1n) is 4.32. The molecule has 0 aliphatic rings. The summed E-state index contributed by atoms with van der Waals surface area (Å²) in [6.07, 6.45) is 0. The van der Waals surface area contributed by atoms with E-state index in [0.29, 0.717) is 11.3 Å². The minimum atomic E-state index is -0.370. The highest BCUT2D eigenvalue weighted by atomic mass is 35.5. The van der Waals surface area contributed by atoms with Crippen molar-refractivity contribution in [3.63, 3.8) is 0 Å². The number of alkyl halides is 1. The van der Waals surface area contributed by atoms with Crippen LogP contribution in [0.25, 0.3) is 0 Å². The molecule has 0 unspecified atom stereocenters. The van der Waals surface area contributed by atoms with Crippen molar-refractivity contribution in [2.75, 3.05) is 13.0 Å². The molecule has 1 amide bonds. The number of hydrogen-bond acceptors (Lipinski definition) is 2. The molecular weight excluding hydrogens is 221 g/mol. The molecule has 0 fully saturated rings. The smallest absolute Gasteiger partial charge is 0.235 e. The van der Waals surface area contributed by atoms with Gasteiger partial charge in [-0.2, -0.15) is 0 Å². The molecular formula is C10H11ClFNO2. The van der Waals surface area contributed by atoms with E-state index in [1.165, 1.54) is 25.3 Å². The van der Waals surface area contributed by atoms with Crippen LogP contribution in [0.5, 0.6) is 5.75 Å². The molecule has 15 heavy (non-hydrogen) atoms. The first kappa shape index (κ1) is 11.8. The Morgan fingerprint density at radius 3 is 2.93 bits per heavy atom. The number of nitrogens with one attached hydrogen (secondary N) is 1. The third-order valence-electron chi connectivity index (χ3n) is 1.84. The zero-order valence-electron chi connectivity index (χ0n) is 8.22. The minimum Gasteiger partial charge on any atom is -0.496 e. The Hall–Kier alpha value is -1.29. The van der Waals surface area contributed by atoms with Crippen molar-refractivity contribution in [2.24, 2.45) is 0 Å². The molecule has 0 spiro atoms. The van der Waals surface area contributed by atoms with Crippen molar-refractivity contribution < 1.29 is 13.9 Å². The van der Waals surface area contributed by atoms with Crippen molar-refractivity contribution in [1.29, 1.82) is 0 Å². The van der Waals surface area contributed by atoms with E-state index >= 15 is 0 Å². The van der Waals surface area contributed by atoms with E-state index in [0.717, 1.165) is 0 Å². The fraction of sp³-hybridized carbons (Fsp3) is 0.300. The van der Waals surface area contributed by atoms with Crippen LogP contribution in [0.15, 0.2) is 18.2 Å². The Balaban J connectivity index is 2.74. The maximum Gasteiger partial charge on any atom is 0.235 e. The summed E-state index contributed by atoms with van der Waals surface area (Å²) in [5.41, 5.74) is 0.580. The number of carbonyl (C=O) groups is 1. The van der Waals surface area contributed by atoms with Crippen LogP contribution >= 0.6 is 11.6 Å². The zero-order chi connectivity index (χ0) is 11.3. The predicted octanol–water partition coefficient (Wildman–Crippen LogP) is 1.69. The van der Waals surface area contributed by atoms with Crippen LogP contribution in [-0.2, 0) is 11.3 Å². The van der Waals surface area contributed by atoms with Gasteiger partial charge in [-0.25, -0.2) is 4.39 Å². The number of hydrogen-bond donors (Lipinski definition) is 1. The van der Waals surface area contributed by atoms with Gasteiger partial charge in [0.05, 0.1) is 7.11 Å². The first-order chi connectivity index (χ1) is 7.17. The molecule has 1 N–H and O–H groups in total. The van der Waals surface area contributed by atoms with Gasteiger partial charge in [0.1, 0.15) is 17.4 Å². The standard InChI is InChI=1S/C10H11ClFNO2/c1-15-9-3-2-8(12)4-7(9)6-13-10(14)5-11/h2-4H,5-6H2,1H3,(H,13,14). The lowest BCUT2D eigenvalue weighted by atomic mass is 10.2. The Morgan fingerprint density at radius 2 is 2.33 bits per heavy atom. The van der Waals surface area contributed by atoms with Gasteiger partial charge in [-0.05, 0) is 18.2 Å². The van der Waals surface area contributed by atoms with Gasteiger partial charge >= 0.3 is 0 Å². The second kappa shape index (κ2) is 5.56. The van der Waals surface area contributed by atoms with E-state index in [1.54, 1.807) is 0 Å². The van der Waals surface area contributed by atoms with E-state index in [1.807, 2.05) is 0 Å². The highest BCUT2D eigenvalue weighted by Crippen LogP contribution is 2.18. The van der Waals surface area contributed by atoms with Gasteiger partial charge in [0.25, 0.3) is 0 Å². The number of benzene rings is 1. The quantitative estimate of drug-likeness (QED) is 0.801. The maximum atomic E-state index is 12.9. The molecule has 0 aromatic heterocycles. The molecule has 1 aromatic carbocycles. The summed E-state index contributed by atoms with van der Waals surface area (Å²) in [6, 6.07) is 4.12. The lowest BCUT2D eigenvalue weighted by Crippen LogP contribution is -2.24. The molecule has 5 heteroatoms. The summed E-state index contributed by atoms with van der Waals surface area (Å²) in [5.74, 6) is -0.252. The summed E-state index contributed by atoms with van der Waals surface area (Å²) in [4.78, 5) is 10.9. The average molecular weight is 232 g/mol. The predicted molar refractivity (Wildman–Crippen MR) is 55.5 cm³/mol. The van der Waals surface area contributed by atoms with E-state index in [-0.39, 0.29) is 24.1 Å². The Kier molecular flexibility index (Phi) is 4.37. The van der Waals surface area contributed by atoms with Gasteiger partial charge in [0.15, 0.2) is 0 Å². The molecule has 0 aliphatic heterocycles. The number of halogens is 2. The molecule has 1 aromatic rings. The summed E-state index contributed by atoms with van der Waals surface area (Å²) in [7, 11) is 1.49. The normalized spacial score (nSPS) is 9.80. The lowest BCUT2D eigenvalue weighted by molar-refractivity contribution is -0.118. The molecule has 0 bridgehead atoms. The number of ether oxygens (including phenoxy) is 1. The highest BCUT2D eigenvalue weighted by molar-refractivity contribution is 6.27. The second-order valence-corrected chi connectivity index (χ2v) is 3.13. The van der Waals surface area contributed by atoms with Gasteiger partial charge in [-0.1, -0.05) is 0 Å². The van der Waals surface area contributed by atoms with Gasteiger partial charge in [0, 0.05) is 12.1 Å². The SMILES string of the molecule is COc1ccc(F)cc1CNC(=O)CCl. The topological polar surface area (TPSA) is 38.3 Å². The maximum absolute atomic E-state index is 12.9. The fourth-order valence-electron chi connectivity index (χ4n) is 1.13. The van der Waals surface area contributed by atoms with Crippen LogP contribution in [0, 0.1) is 5.82 Å². The summed E-state index contributed by atoms with van der Waals surface area (Å²) in [5, 5.41) is 2.53. The van der Waals surface area contributed by atoms with E-state index in [4.69, 9.17) is 16.3 Å². The number of rotatable bonds is 4. The van der Waals surface area contributed by atoms with Crippen molar-refractivity contribution in [3.8, 4) is 5.75 Å². The van der Waals surface area contributed by atoms with Crippen LogP contribution < -0.4 is 10.1 Å². The first-order valence-corrected chi connectivity index (χ1v) is 4.86. The van der Waals surface area contributed by atoms with Crippen LogP contribution in [0.3, 0.4) is 0 Å². The Morgan fingerprint density at radius 1 is 1.60 bits per heavy atom. The van der Waals surface area contributed by atoms with E-state index < -0.39 is 0 Å². The van der Waals surface area contributed by atoms with Crippen molar-refractivity contribution in [2.45, 2.75) is 6.54 Å². The van der Waals surface area contributed by atoms with Crippen LogP contribution in [-0.4, -0.2) is 18.9 Å². The number of amides is 1. The Labute approximate surface area is 92.2 Å². The largest absolute Gasteiger partial charge is 0.496 e. The lowest BCUT2D eigenvalue weighted by Gasteiger charge is -2.08. The van der Waals surface area contributed by atoms with Crippen molar-refractivity contribution >= 4 is 17.5 Å². The molecule has 0 saturated carbocycles. The molecule has 82 valence electrons. The van der Waals surface area contributed by atoms with E-state index in [2.05, 4.69) is 5.32 Å². The average Bonchev–Trinajstić information content (AvgIpc) is 2.26. The zero-order valence-corrected chi connectivity index (χ0v) is 8.97. The van der Waals surface area contributed by atoms with Gasteiger partial charge in [-0.15, -0.1) is 11.6 Å². The molecule has 0 heterocycles. The third-order valence-corrected chi connectivity index (χ3v) is 2.08. The monoisotopic (exact) mass is 231 g/mol. The summed E-state index contributed by atoms with van der Waals surface area (Å²) in [6.45, 7) is 0.201. The summed E-state index contributed by atoms with van der Waals surface area (Å²) < 4.78 is 17.9. The summed E-state index contributed by atoms with van der Waals surface area (Å²) >= 11 is 5.31. The molecule has 0 radical (unpaired) electrons. The van der Waals surface area contributed by atoms with Gasteiger partial charge in [-0.3, -0.25) is 4.79 Å². The van der Waals surface area contributed by atoms with Crippen molar-refractivity contribution in [3.05, 3.63) is 29.6 Å². The third kappa shape index (κ3) is 3.40. The van der Waals surface area contributed by atoms with Crippen LogP contribution in [0.2, 0.25) is 0 Å². The van der Waals surface area contributed by atoms with Gasteiger partial charge < -0.3 is 10.1 Å². The van der Waals surface area contributed by atoms with Crippen LogP contribution in [0.4, 0.5) is 4.39 Å². The molecule has 0 atom stereocenters. The molecule has 0 aliphatic carbocycles. The molecule has 1 rings (SSSR count). The Bertz CT molecular complexity index is 357. The fourth-order valence-corrected chi connectivity index (χ4v) is 1.22. The van der Waals surface area contributed by atoms with Crippen LogP contribution in [0.1, 0.15) is 5.56 Å². The number of methoxy groups -OCH3 is 1. The second-order valence-electron chi connectivity index (χ2n) is 2.87. The van der Waals surface area contributed by atoms with Crippen molar-refractivity contribution in [1.82, 2.24) is 5.32 Å². The molecule has 0 saturated heterocycles. The highest BCUT2D eigenvalue weighted by Gasteiger charge is 2.05.